The number of anilines is 2. The van der Waals surface area contributed by atoms with E-state index >= 15 is 0 Å². The number of aryl methyl sites for hydroxylation is 2. The van der Waals surface area contributed by atoms with Crippen molar-refractivity contribution < 1.29 is 5.11 Å². The van der Waals surface area contributed by atoms with Crippen LogP contribution in [0.2, 0.25) is 0 Å². The van der Waals surface area contributed by atoms with Crippen LogP contribution in [0, 0.1) is 5.92 Å². The first kappa shape index (κ1) is 19.4. The quantitative estimate of drug-likeness (QED) is 0.707. The van der Waals surface area contributed by atoms with Crippen LogP contribution in [0.15, 0.2) is 33.9 Å². The summed E-state index contributed by atoms with van der Waals surface area (Å²) in [7, 11) is 1.64. The van der Waals surface area contributed by atoms with Crippen molar-refractivity contribution >= 4 is 22.8 Å². The topological polar surface area (TPSA) is 85.3 Å². The molecule has 0 saturated heterocycles. The van der Waals surface area contributed by atoms with Gasteiger partial charge < -0.3 is 14.6 Å². The van der Waals surface area contributed by atoms with Crippen LogP contribution in [0.3, 0.4) is 0 Å². The molecule has 1 atom stereocenters. The smallest absolute Gasteiger partial charge is 0.332 e. The van der Waals surface area contributed by atoms with E-state index in [0.717, 1.165) is 18.7 Å². The van der Waals surface area contributed by atoms with Crippen molar-refractivity contribution in [3.05, 3.63) is 50.7 Å². The normalized spacial score (nSPS) is 16.4. The highest BCUT2D eigenvalue weighted by molar-refractivity contribution is 5.77. The molecular formula is C21H27N5O3. The lowest BCUT2D eigenvalue weighted by Crippen LogP contribution is -2.40. The van der Waals surface area contributed by atoms with Gasteiger partial charge in [-0.1, -0.05) is 26.0 Å². The summed E-state index contributed by atoms with van der Waals surface area (Å²) in [6.45, 7) is 5.85. The maximum absolute atomic E-state index is 13.2. The first-order chi connectivity index (χ1) is 14.0. The molecule has 0 spiro atoms. The third kappa shape index (κ3) is 3.17. The maximum atomic E-state index is 13.2. The molecule has 8 nitrogen and oxygen atoms in total. The highest BCUT2D eigenvalue weighted by Gasteiger charge is 2.29. The Morgan fingerprint density at radius 2 is 1.90 bits per heavy atom. The average Bonchev–Trinajstić information content (AvgIpc) is 3.11. The number of aliphatic hydroxyl groups excluding tert-OH is 1. The van der Waals surface area contributed by atoms with Crippen LogP contribution in [0.25, 0.3) is 11.2 Å². The van der Waals surface area contributed by atoms with Gasteiger partial charge in [-0.05, 0) is 36.5 Å². The van der Waals surface area contributed by atoms with Crippen LogP contribution in [-0.2, 0) is 26.6 Å². The molecule has 29 heavy (non-hydrogen) atoms. The number of rotatable bonds is 5. The number of aliphatic hydroxyl groups is 1. The van der Waals surface area contributed by atoms with Crippen LogP contribution >= 0.6 is 0 Å². The van der Waals surface area contributed by atoms with Gasteiger partial charge in [-0.2, -0.15) is 4.98 Å². The summed E-state index contributed by atoms with van der Waals surface area (Å²) in [6, 6.07) is 8.39. The molecule has 1 aliphatic heterocycles. The molecule has 0 amide bonds. The molecular weight excluding hydrogens is 370 g/mol. The van der Waals surface area contributed by atoms with Crippen LogP contribution in [0.1, 0.15) is 25.8 Å². The molecule has 1 aromatic carbocycles. The second kappa shape index (κ2) is 7.51. The third-order valence-corrected chi connectivity index (χ3v) is 5.64. The van der Waals surface area contributed by atoms with Gasteiger partial charge >= 0.3 is 5.69 Å². The van der Waals surface area contributed by atoms with E-state index in [-0.39, 0.29) is 18.7 Å². The fourth-order valence-electron chi connectivity index (χ4n) is 4.06. The summed E-state index contributed by atoms with van der Waals surface area (Å²) in [6.07, 6.45) is 1.33. The van der Waals surface area contributed by atoms with Gasteiger partial charge in [0.2, 0.25) is 5.95 Å². The minimum atomic E-state index is -0.404. The lowest BCUT2D eigenvalue weighted by atomic mass is 10.1. The van der Waals surface area contributed by atoms with Crippen molar-refractivity contribution in [3.8, 4) is 0 Å². The molecule has 0 unspecified atom stereocenters. The van der Waals surface area contributed by atoms with E-state index in [1.54, 1.807) is 7.05 Å². The lowest BCUT2D eigenvalue weighted by Gasteiger charge is -2.33. The van der Waals surface area contributed by atoms with E-state index in [0.29, 0.717) is 36.0 Å². The van der Waals surface area contributed by atoms with Gasteiger partial charge in [-0.3, -0.25) is 13.9 Å². The Bertz CT molecular complexity index is 1160. The van der Waals surface area contributed by atoms with E-state index < -0.39 is 5.69 Å². The number of fused-ring (bicyclic) bond motifs is 3. The highest BCUT2D eigenvalue weighted by atomic mass is 16.3. The Morgan fingerprint density at radius 1 is 1.17 bits per heavy atom. The zero-order valence-electron chi connectivity index (χ0n) is 17.1. The largest absolute Gasteiger partial charge is 0.396 e. The third-order valence-electron chi connectivity index (χ3n) is 5.64. The SMILES string of the molecule is CCc1ccc(N2C[C@H](C)Cn3c2nc2c3c(=O)n(CCCO)c(=O)n2C)cc1. The van der Waals surface area contributed by atoms with Crippen molar-refractivity contribution in [2.75, 3.05) is 18.1 Å². The van der Waals surface area contributed by atoms with E-state index in [2.05, 4.69) is 43.0 Å². The molecule has 2 aromatic heterocycles. The predicted octanol–water partition coefficient (Wildman–Crippen LogP) is 1.63. The van der Waals surface area contributed by atoms with Gasteiger partial charge in [-0.25, -0.2) is 4.79 Å². The average molecular weight is 397 g/mol. The highest BCUT2D eigenvalue weighted by Crippen LogP contribution is 2.32. The number of hydrogen-bond acceptors (Lipinski definition) is 5. The molecule has 1 aliphatic rings. The number of hydrogen-bond donors (Lipinski definition) is 1. The second-order valence-electron chi connectivity index (χ2n) is 7.81. The van der Waals surface area contributed by atoms with Crippen molar-refractivity contribution in [1.29, 1.82) is 0 Å². The molecule has 0 radical (unpaired) electrons. The molecule has 8 heteroatoms. The van der Waals surface area contributed by atoms with Gasteiger partial charge in [0, 0.05) is 39.0 Å². The molecule has 3 heterocycles. The molecule has 3 aromatic rings. The molecule has 0 saturated carbocycles. The number of nitrogens with zero attached hydrogens (tertiary/aromatic N) is 5. The summed E-state index contributed by atoms with van der Waals surface area (Å²) in [4.78, 5) is 32.7. The summed E-state index contributed by atoms with van der Waals surface area (Å²) >= 11 is 0. The number of benzene rings is 1. The predicted molar refractivity (Wildman–Crippen MR) is 113 cm³/mol. The second-order valence-corrected chi connectivity index (χ2v) is 7.81. The van der Waals surface area contributed by atoms with Gasteiger partial charge in [0.1, 0.15) is 0 Å². The summed E-state index contributed by atoms with van der Waals surface area (Å²) in [5.74, 6) is 1.00. The minimum Gasteiger partial charge on any atom is -0.396 e. The Hall–Kier alpha value is -2.87. The van der Waals surface area contributed by atoms with E-state index in [1.165, 1.54) is 14.7 Å². The lowest BCUT2D eigenvalue weighted by molar-refractivity contribution is 0.277. The summed E-state index contributed by atoms with van der Waals surface area (Å²) in [5, 5.41) is 9.13. The van der Waals surface area contributed by atoms with Gasteiger partial charge in [0.15, 0.2) is 11.2 Å². The summed E-state index contributed by atoms with van der Waals surface area (Å²) < 4.78 is 4.57. The minimum absolute atomic E-state index is 0.0727. The monoisotopic (exact) mass is 397 g/mol. The Balaban J connectivity index is 1.93. The van der Waals surface area contributed by atoms with Crippen molar-refractivity contribution in [3.63, 3.8) is 0 Å². The standard InChI is InChI=1S/C21H27N5O3/c1-4-15-6-8-16(9-7-15)25-12-14(2)13-26-17-18(22-20(25)26)23(3)21(29)24(19(17)28)10-5-11-27/h6-9,14,27H,4-5,10-13H2,1-3H3/t14-/m0/s1. The number of imidazole rings is 1. The molecule has 0 aliphatic carbocycles. The first-order valence-electron chi connectivity index (χ1n) is 10.1. The fraction of sp³-hybridized carbons (Fsp3) is 0.476. The van der Waals surface area contributed by atoms with Crippen LogP contribution < -0.4 is 16.1 Å². The van der Waals surface area contributed by atoms with Gasteiger partial charge in [-0.15, -0.1) is 0 Å². The molecule has 0 bridgehead atoms. The Kier molecular flexibility index (Phi) is 5.04. The fourth-order valence-corrected chi connectivity index (χ4v) is 4.06. The first-order valence-corrected chi connectivity index (χ1v) is 10.1. The van der Waals surface area contributed by atoms with E-state index in [1.807, 2.05) is 4.57 Å². The molecule has 4 rings (SSSR count). The van der Waals surface area contributed by atoms with Crippen LogP contribution in [-0.4, -0.2) is 36.9 Å². The van der Waals surface area contributed by atoms with Crippen molar-refractivity contribution in [2.24, 2.45) is 13.0 Å². The Labute approximate surface area is 168 Å². The summed E-state index contributed by atoms with van der Waals surface area (Å²) in [5.41, 5.74) is 2.39. The molecule has 0 fully saturated rings. The molecule has 1 N–H and O–H groups in total. The van der Waals surface area contributed by atoms with Gasteiger partial charge in [0.05, 0.1) is 0 Å². The Morgan fingerprint density at radius 3 is 2.55 bits per heavy atom. The van der Waals surface area contributed by atoms with Crippen LogP contribution in [0.4, 0.5) is 11.6 Å². The zero-order valence-corrected chi connectivity index (χ0v) is 17.1. The zero-order chi connectivity index (χ0) is 20.7. The van der Waals surface area contributed by atoms with E-state index in [4.69, 9.17) is 10.1 Å². The maximum Gasteiger partial charge on any atom is 0.332 e. The number of aromatic nitrogens is 4. The van der Waals surface area contributed by atoms with E-state index in [9.17, 15) is 9.59 Å². The van der Waals surface area contributed by atoms with Crippen LogP contribution in [0.5, 0.6) is 0 Å². The van der Waals surface area contributed by atoms with Crippen molar-refractivity contribution in [1.82, 2.24) is 18.7 Å². The molecule has 154 valence electrons. The van der Waals surface area contributed by atoms with Gasteiger partial charge in [0.25, 0.3) is 5.56 Å². The van der Waals surface area contributed by atoms with Crippen molar-refractivity contribution in [2.45, 2.75) is 39.8 Å².